The minimum atomic E-state index is -4.53. The Hall–Kier alpha value is -0.920. The fraction of sp³-hybridized carbons (Fsp3) is 0.923. The summed E-state index contributed by atoms with van der Waals surface area (Å²) in [5.74, 6) is -0.355. The fourth-order valence-corrected chi connectivity index (χ4v) is 6.24. The highest BCUT2D eigenvalue weighted by Crippen LogP contribution is 2.38. The van der Waals surface area contributed by atoms with Crippen LogP contribution in [0.2, 0.25) is 0 Å². The predicted molar refractivity (Wildman–Crippen MR) is 199 cm³/mol. The number of phosphoric ester groups is 1. The van der Waals surface area contributed by atoms with Gasteiger partial charge in [-0.3, -0.25) is 9.36 Å². The van der Waals surface area contributed by atoms with E-state index >= 15 is 0 Å². The zero-order chi connectivity index (χ0) is 35.6. The summed E-state index contributed by atoms with van der Waals surface area (Å²) >= 11 is 0. The molecule has 0 aliphatic carbocycles. The van der Waals surface area contributed by atoms with Crippen LogP contribution >= 0.6 is 7.82 Å². The Labute approximate surface area is 297 Å². The molecule has 0 saturated carbocycles. The molecule has 0 aromatic carbocycles. The molecule has 0 aromatic rings. The number of phosphoric acid groups is 1. The molecule has 1 unspecified atom stereocenters. The predicted octanol–water partition coefficient (Wildman–Crippen LogP) is 10.8. The average molecular weight is 704 g/mol. The molecule has 0 bridgehead atoms. The van der Waals surface area contributed by atoms with Crippen LogP contribution in [0.4, 0.5) is 0 Å². The van der Waals surface area contributed by atoms with E-state index in [0.29, 0.717) is 17.4 Å². The van der Waals surface area contributed by atoms with Crippen LogP contribution in [0.25, 0.3) is 0 Å². The quantitative estimate of drug-likeness (QED) is 0.0209. The van der Waals surface area contributed by atoms with Gasteiger partial charge in [0.15, 0.2) is 6.10 Å². The fourth-order valence-electron chi connectivity index (χ4n) is 5.51. The number of unbranched alkanes of at least 4 members (excludes halogenated alkanes) is 23. The number of carbonyl (C=O) groups is 1. The average Bonchev–Trinajstić information content (AvgIpc) is 3.03. The maximum atomic E-state index is 12.6. The summed E-state index contributed by atoms with van der Waals surface area (Å²) in [6, 6.07) is 0. The molecule has 0 aliphatic rings. The SMILES string of the molecule is CCCCCCCCCCCCCC/C=C/OC[C@H](COP(=O)([O-])OCC[N+](C)(C)C)OC(=O)CCCCCCCCCCCCCC. The standard InChI is InChI=1S/C39H78NO7P/c1-6-8-10-12-14-16-18-20-21-23-25-27-29-31-34-44-36-38(37-46-48(42,43)45-35-33-40(3,4)5)47-39(41)32-30-28-26-24-22-19-17-15-13-11-9-7-2/h31,34,38H,6-30,32-33,35-37H2,1-5H3/b34-31+/t38-/m1/s1. The van der Waals surface area contributed by atoms with Crippen LogP contribution in [0.15, 0.2) is 12.3 Å². The maximum Gasteiger partial charge on any atom is 0.306 e. The Balaban J connectivity index is 4.32. The molecule has 0 radical (unpaired) electrons. The van der Waals surface area contributed by atoms with Gasteiger partial charge in [-0.15, -0.1) is 0 Å². The molecule has 48 heavy (non-hydrogen) atoms. The van der Waals surface area contributed by atoms with Crippen LogP contribution < -0.4 is 4.89 Å². The van der Waals surface area contributed by atoms with Crippen molar-refractivity contribution in [3.8, 4) is 0 Å². The number of nitrogens with zero attached hydrogens (tertiary/aromatic N) is 1. The van der Waals surface area contributed by atoms with E-state index in [1.54, 1.807) is 6.26 Å². The second-order valence-electron chi connectivity index (χ2n) is 14.7. The van der Waals surface area contributed by atoms with Crippen molar-refractivity contribution in [2.24, 2.45) is 0 Å². The molecule has 0 saturated heterocycles. The van der Waals surface area contributed by atoms with E-state index in [1.165, 1.54) is 128 Å². The second kappa shape index (κ2) is 33.2. The Kier molecular flexibility index (Phi) is 32.6. The molecule has 0 N–H and O–H groups in total. The topological polar surface area (TPSA) is 94.1 Å². The van der Waals surface area contributed by atoms with Gasteiger partial charge in [0, 0.05) is 6.42 Å². The minimum absolute atomic E-state index is 0.0199. The first-order valence-corrected chi connectivity index (χ1v) is 21.4. The van der Waals surface area contributed by atoms with Crippen molar-refractivity contribution in [2.75, 3.05) is 47.5 Å². The number of hydrogen-bond acceptors (Lipinski definition) is 7. The van der Waals surface area contributed by atoms with Gasteiger partial charge in [0.25, 0.3) is 7.82 Å². The summed E-state index contributed by atoms with van der Waals surface area (Å²) in [7, 11) is 1.33. The summed E-state index contributed by atoms with van der Waals surface area (Å²) in [6.07, 6.45) is 34.5. The van der Waals surface area contributed by atoms with Gasteiger partial charge in [-0.1, -0.05) is 155 Å². The second-order valence-corrected chi connectivity index (χ2v) is 16.1. The highest BCUT2D eigenvalue weighted by Gasteiger charge is 2.20. The van der Waals surface area contributed by atoms with Crippen LogP contribution in [-0.2, 0) is 27.9 Å². The molecule has 0 aliphatic heterocycles. The molecule has 0 fully saturated rings. The highest BCUT2D eigenvalue weighted by molar-refractivity contribution is 7.45. The Morgan fingerprint density at radius 3 is 1.54 bits per heavy atom. The Morgan fingerprint density at radius 1 is 0.646 bits per heavy atom. The van der Waals surface area contributed by atoms with E-state index in [9.17, 15) is 14.3 Å². The monoisotopic (exact) mass is 704 g/mol. The van der Waals surface area contributed by atoms with Gasteiger partial charge in [-0.05, 0) is 25.3 Å². The lowest BCUT2D eigenvalue weighted by molar-refractivity contribution is -0.870. The number of quaternary nitrogens is 1. The molecular formula is C39H78NO7P. The molecule has 0 spiro atoms. The molecule has 0 rings (SSSR count). The Bertz CT molecular complexity index is 787. The van der Waals surface area contributed by atoms with Gasteiger partial charge in [-0.25, -0.2) is 0 Å². The molecule has 8 nitrogen and oxygen atoms in total. The van der Waals surface area contributed by atoms with E-state index in [4.69, 9.17) is 18.5 Å². The lowest BCUT2D eigenvalue weighted by Gasteiger charge is -2.28. The molecule has 9 heteroatoms. The lowest BCUT2D eigenvalue weighted by atomic mass is 10.0. The normalized spacial score (nSPS) is 14.0. The van der Waals surface area contributed by atoms with Crippen molar-refractivity contribution in [3.05, 3.63) is 12.3 Å². The van der Waals surface area contributed by atoms with Gasteiger partial charge in [0.2, 0.25) is 0 Å². The zero-order valence-electron chi connectivity index (χ0n) is 32.2. The maximum absolute atomic E-state index is 12.6. The third-order valence-corrected chi connectivity index (χ3v) is 9.63. The molecule has 0 aromatic heterocycles. The Morgan fingerprint density at radius 2 is 1.08 bits per heavy atom. The van der Waals surface area contributed by atoms with Crippen LogP contribution in [-0.4, -0.2) is 64.1 Å². The van der Waals surface area contributed by atoms with Crippen molar-refractivity contribution >= 4 is 13.8 Å². The third kappa shape index (κ3) is 36.4. The van der Waals surface area contributed by atoms with Crippen LogP contribution in [0.1, 0.15) is 181 Å². The summed E-state index contributed by atoms with van der Waals surface area (Å²) in [6.45, 7) is 4.74. The smallest absolute Gasteiger partial charge is 0.306 e. The summed E-state index contributed by atoms with van der Waals surface area (Å²) in [5, 5.41) is 0. The van der Waals surface area contributed by atoms with E-state index in [1.807, 2.05) is 27.2 Å². The highest BCUT2D eigenvalue weighted by atomic mass is 31.2. The first kappa shape index (κ1) is 47.1. The first-order chi connectivity index (χ1) is 23.1. The summed E-state index contributed by atoms with van der Waals surface area (Å²) < 4.78 is 34.2. The molecular weight excluding hydrogens is 625 g/mol. The number of hydrogen-bond donors (Lipinski definition) is 0. The van der Waals surface area contributed by atoms with Crippen molar-refractivity contribution in [1.82, 2.24) is 0 Å². The number of esters is 1. The van der Waals surface area contributed by atoms with Gasteiger partial charge >= 0.3 is 5.97 Å². The molecule has 2 atom stereocenters. The molecule has 0 amide bonds. The minimum Gasteiger partial charge on any atom is -0.756 e. The van der Waals surface area contributed by atoms with E-state index in [0.717, 1.165) is 32.1 Å². The first-order valence-electron chi connectivity index (χ1n) is 20.0. The van der Waals surface area contributed by atoms with Crippen molar-refractivity contribution in [1.29, 1.82) is 0 Å². The van der Waals surface area contributed by atoms with Crippen molar-refractivity contribution in [2.45, 2.75) is 187 Å². The molecule has 0 heterocycles. The van der Waals surface area contributed by atoms with Gasteiger partial charge < -0.3 is 27.9 Å². The summed E-state index contributed by atoms with van der Waals surface area (Å²) in [5.41, 5.74) is 0. The molecule has 286 valence electrons. The number of allylic oxidation sites excluding steroid dienone is 1. The van der Waals surface area contributed by atoms with E-state index in [-0.39, 0.29) is 25.8 Å². The number of ether oxygens (including phenoxy) is 2. The van der Waals surface area contributed by atoms with Crippen LogP contribution in [0.3, 0.4) is 0 Å². The zero-order valence-corrected chi connectivity index (χ0v) is 33.1. The number of rotatable bonds is 37. The van der Waals surface area contributed by atoms with Gasteiger partial charge in [0.1, 0.15) is 19.8 Å². The third-order valence-electron chi connectivity index (χ3n) is 8.66. The van der Waals surface area contributed by atoms with Crippen LogP contribution in [0.5, 0.6) is 0 Å². The number of carbonyl (C=O) groups excluding carboxylic acids is 1. The summed E-state index contributed by atoms with van der Waals surface area (Å²) in [4.78, 5) is 24.9. The largest absolute Gasteiger partial charge is 0.756 e. The number of likely N-dealkylation sites (N-methyl/N-ethyl adjacent to an activating group) is 1. The van der Waals surface area contributed by atoms with Crippen LogP contribution in [0, 0.1) is 0 Å². The van der Waals surface area contributed by atoms with Crippen molar-refractivity contribution < 1.29 is 37.3 Å². The van der Waals surface area contributed by atoms with Gasteiger partial charge in [-0.2, -0.15) is 0 Å². The van der Waals surface area contributed by atoms with Crippen molar-refractivity contribution in [3.63, 3.8) is 0 Å². The van der Waals surface area contributed by atoms with E-state index < -0.39 is 13.9 Å². The lowest BCUT2D eigenvalue weighted by Crippen LogP contribution is -2.37. The van der Waals surface area contributed by atoms with Gasteiger partial charge in [0.05, 0.1) is 34.0 Å². The van der Waals surface area contributed by atoms with E-state index in [2.05, 4.69) is 13.8 Å².